The van der Waals surface area contributed by atoms with E-state index in [1.165, 1.54) is 0 Å². The molecule has 0 atom stereocenters. The standard InChI is InChI=1S/C12H18N4O2S/c1-4-17-12(18-5-2)11-8-16(15-14-11)7-10-6-13-9(3)19-10/h6,8,12H,4-5,7H2,1-3H3. The summed E-state index contributed by atoms with van der Waals surface area (Å²) in [6.45, 7) is 7.66. The Morgan fingerprint density at radius 2 is 2.05 bits per heavy atom. The Hall–Kier alpha value is -1.31. The Bertz CT molecular complexity index is 505. The molecule has 0 aliphatic rings. The van der Waals surface area contributed by atoms with Crippen LogP contribution in [-0.4, -0.2) is 33.2 Å². The molecule has 0 saturated heterocycles. The van der Waals surface area contributed by atoms with Crippen LogP contribution in [0.15, 0.2) is 12.4 Å². The molecule has 0 saturated carbocycles. The van der Waals surface area contributed by atoms with Gasteiger partial charge in [0.25, 0.3) is 0 Å². The van der Waals surface area contributed by atoms with Gasteiger partial charge < -0.3 is 9.47 Å². The van der Waals surface area contributed by atoms with Crippen molar-refractivity contribution >= 4 is 11.3 Å². The summed E-state index contributed by atoms with van der Waals surface area (Å²) < 4.78 is 12.7. The van der Waals surface area contributed by atoms with E-state index < -0.39 is 6.29 Å². The lowest BCUT2D eigenvalue weighted by atomic mass is 10.4. The van der Waals surface area contributed by atoms with Gasteiger partial charge in [0.05, 0.1) is 17.7 Å². The minimum atomic E-state index is -0.438. The minimum absolute atomic E-state index is 0.438. The van der Waals surface area contributed by atoms with Crippen LogP contribution >= 0.6 is 11.3 Å². The molecule has 2 heterocycles. The van der Waals surface area contributed by atoms with Gasteiger partial charge in [-0.2, -0.15) is 0 Å². The van der Waals surface area contributed by atoms with E-state index in [9.17, 15) is 0 Å². The molecule has 7 heteroatoms. The molecule has 0 aromatic carbocycles. The zero-order valence-corrected chi connectivity index (χ0v) is 12.2. The molecule has 2 aromatic heterocycles. The Labute approximate surface area is 116 Å². The van der Waals surface area contributed by atoms with Crippen LogP contribution in [0.3, 0.4) is 0 Å². The van der Waals surface area contributed by atoms with E-state index in [4.69, 9.17) is 9.47 Å². The monoisotopic (exact) mass is 282 g/mol. The fraction of sp³-hybridized carbons (Fsp3) is 0.583. The Morgan fingerprint density at radius 3 is 2.63 bits per heavy atom. The zero-order chi connectivity index (χ0) is 13.7. The topological polar surface area (TPSA) is 62.1 Å². The molecule has 2 rings (SSSR count). The van der Waals surface area contributed by atoms with Gasteiger partial charge in [-0.15, -0.1) is 16.4 Å². The smallest absolute Gasteiger partial charge is 0.204 e. The van der Waals surface area contributed by atoms with Gasteiger partial charge in [0.1, 0.15) is 5.69 Å². The molecule has 6 nitrogen and oxygen atoms in total. The Kier molecular flexibility index (Phi) is 5.00. The van der Waals surface area contributed by atoms with E-state index in [1.807, 2.05) is 33.2 Å². The van der Waals surface area contributed by atoms with Crippen molar-refractivity contribution < 1.29 is 9.47 Å². The maximum absolute atomic E-state index is 5.49. The van der Waals surface area contributed by atoms with Crippen molar-refractivity contribution in [1.82, 2.24) is 20.0 Å². The average Bonchev–Trinajstić information content (AvgIpc) is 2.99. The highest BCUT2D eigenvalue weighted by molar-refractivity contribution is 7.11. The number of rotatable bonds is 7. The second-order valence-electron chi connectivity index (χ2n) is 3.93. The lowest BCUT2D eigenvalue weighted by molar-refractivity contribution is -0.142. The molecule has 0 aliphatic carbocycles. The van der Waals surface area contributed by atoms with Gasteiger partial charge in [0.15, 0.2) is 0 Å². The second-order valence-corrected chi connectivity index (χ2v) is 5.25. The van der Waals surface area contributed by atoms with Gasteiger partial charge in [-0.3, -0.25) is 0 Å². The fourth-order valence-electron chi connectivity index (χ4n) is 1.66. The summed E-state index contributed by atoms with van der Waals surface area (Å²) in [7, 11) is 0. The van der Waals surface area contributed by atoms with Crippen LogP contribution in [0.25, 0.3) is 0 Å². The highest BCUT2D eigenvalue weighted by atomic mass is 32.1. The van der Waals surface area contributed by atoms with Crippen LogP contribution in [-0.2, 0) is 16.0 Å². The molecule has 0 N–H and O–H groups in total. The summed E-state index contributed by atoms with van der Waals surface area (Å²) in [6, 6.07) is 0. The van der Waals surface area contributed by atoms with Gasteiger partial charge >= 0.3 is 0 Å². The van der Waals surface area contributed by atoms with Crippen LogP contribution in [0.2, 0.25) is 0 Å². The predicted molar refractivity (Wildman–Crippen MR) is 72.0 cm³/mol. The van der Waals surface area contributed by atoms with Crippen molar-refractivity contribution in [1.29, 1.82) is 0 Å². The SMILES string of the molecule is CCOC(OCC)c1cn(Cc2cnc(C)s2)nn1. The van der Waals surface area contributed by atoms with Crippen LogP contribution in [0.5, 0.6) is 0 Å². The van der Waals surface area contributed by atoms with E-state index >= 15 is 0 Å². The highest BCUT2D eigenvalue weighted by Gasteiger charge is 2.15. The molecule has 0 spiro atoms. The van der Waals surface area contributed by atoms with Crippen molar-refractivity contribution in [3.05, 3.63) is 28.0 Å². The average molecular weight is 282 g/mol. The van der Waals surface area contributed by atoms with Crippen molar-refractivity contribution in [3.8, 4) is 0 Å². The number of hydrogen-bond acceptors (Lipinski definition) is 6. The normalized spacial score (nSPS) is 11.4. The Balaban J connectivity index is 2.04. The number of aryl methyl sites for hydroxylation is 1. The van der Waals surface area contributed by atoms with Crippen LogP contribution < -0.4 is 0 Å². The molecule has 0 bridgehead atoms. The maximum Gasteiger partial charge on any atom is 0.204 e. The number of aromatic nitrogens is 4. The van der Waals surface area contributed by atoms with E-state index in [0.29, 0.717) is 25.5 Å². The summed E-state index contributed by atoms with van der Waals surface area (Å²) in [5, 5.41) is 9.25. The third kappa shape index (κ3) is 3.82. The highest BCUT2D eigenvalue weighted by Crippen LogP contribution is 2.17. The molecule has 0 radical (unpaired) electrons. The van der Waals surface area contributed by atoms with E-state index in [1.54, 1.807) is 16.0 Å². The number of thiazole rings is 1. The van der Waals surface area contributed by atoms with Crippen LogP contribution in [0.1, 0.15) is 35.7 Å². The first kappa shape index (κ1) is 14.1. The van der Waals surface area contributed by atoms with Crippen molar-refractivity contribution in [2.24, 2.45) is 0 Å². The van der Waals surface area contributed by atoms with Gasteiger partial charge in [0.2, 0.25) is 6.29 Å². The van der Waals surface area contributed by atoms with Gasteiger partial charge in [-0.05, 0) is 20.8 Å². The number of hydrogen-bond donors (Lipinski definition) is 0. The van der Waals surface area contributed by atoms with Gasteiger partial charge in [-0.25, -0.2) is 9.67 Å². The van der Waals surface area contributed by atoms with E-state index in [0.717, 1.165) is 9.88 Å². The first-order chi connectivity index (χ1) is 9.22. The summed E-state index contributed by atoms with van der Waals surface area (Å²) in [5.74, 6) is 0. The van der Waals surface area contributed by atoms with Gasteiger partial charge in [0, 0.05) is 24.3 Å². The third-order valence-electron chi connectivity index (χ3n) is 2.42. The quantitative estimate of drug-likeness (QED) is 0.728. The molecule has 104 valence electrons. The lowest BCUT2D eigenvalue weighted by Crippen LogP contribution is -2.09. The first-order valence-corrected chi connectivity index (χ1v) is 7.09. The van der Waals surface area contributed by atoms with E-state index in [-0.39, 0.29) is 0 Å². The third-order valence-corrected chi connectivity index (χ3v) is 3.32. The van der Waals surface area contributed by atoms with Crippen LogP contribution in [0, 0.1) is 6.92 Å². The molecule has 0 aliphatic heterocycles. The van der Waals surface area contributed by atoms with Gasteiger partial charge in [-0.1, -0.05) is 5.21 Å². The fourth-order valence-corrected chi connectivity index (χ4v) is 2.45. The van der Waals surface area contributed by atoms with Crippen molar-refractivity contribution in [2.45, 2.75) is 33.6 Å². The molecule has 2 aromatic rings. The van der Waals surface area contributed by atoms with Crippen molar-refractivity contribution in [3.63, 3.8) is 0 Å². The minimum Gasteiger partial charge on any atom is -0.347 e. The largest absolute Gasteiger partial charge is 0.347 e. The molecule has 0 unspecified atom stereocenters. The summed E-state index contributed by atoms with van der Waals surface area (Å²) in [6.07, 6.45) is 3.28. The van der Waals surface area contributed by atoms with E-state index in [2.05, 4.69) is 15.3 Å². The molecular weight excluding hydrogens is 264 g/mol. The maximum atomic E-state index is 5.49. The van der Waals surface area contributed by atoms with Crippen molar-refractivity contribution in [2.75, 3.05) is 13.2 Å². The zero-order valence-electron chi connectivity index (χ0n) is 11.4. The summed E-state index contributed by atoms with van der Waals surface area (Å²) in [5.41, 5.74) is 0.699. The second kappa shape index (κ2) is 6.74. The van der Waals surface area contributed by atoms with Crippen LogP contribution in [0.4, 0.5) is 0 Å². The summed E-state index contributed by atoms with van der Waals surface area (Å²) >= 11 is 1.66. The molecular formula is C12H18N4O2S. The number of ether oxygens (including phenoxy) is 2. The first-order valence-electron chi connectivity index (χ1n) is 6.27. The summed E-state index contributed by atoms with van der Waals surface area (Å²) in [4.78, 5) is 5.37. The lowest BCUT2D eigenvalue weighted by Gasteiger charge is -2.13. The molecule has 0 fully saturated rings. The molecule has 0 amide bonds. The molecule has 19 heavy (non-hydrogen) atoms. The number of nitrogens with zero attached hydrogens (tertiary/aromatic N) is 4. The Morgan fingerprint density at radius 1 is 1.32 bits per heavy atom. The predicted octanol–water partition coefficient (Wildman–Crippen LogP) is 2.16.